The predicted molar refractivity (Wildman–Crippen MR) is 93.4 cm³/mol. The van der Waals surface area contributed by atoms with Gasteiger partial charge in [0, 0.05) is 17.3 Å². The molecule has 0 radical (unpaired) electrons. The summed E-state index contributed by atoms with van der Waals surface area (Å²) < 4.78 is 13.9. The fourth-order valence-corrected chi connectivity index (χ4v) is 4.67. The van der Waals surface area contributed by atoms with Crippen molar-refractivity contribution in [3.05, 3.63) is 57.5 Å². The molecule has 1 aromatic heterocycles. The smallest absolute Gasteiger partial charge is 0.126 e. The maximum atomic E-state index is 13.9. The van der Waals surface area contributed by atoms with Crippen molar-refractivity contribution in [2.75, 3.05) is 13.1 Å². The van der Waals surface area contributed by atoms with E-state index in [1.54, 1.807) is 11.3 Å². The molecule has 1 aliphatic carbocycles. The Kier molecular flexibility index (Phi) is 4.85. The minimum Gasteiger partial charge on any atom is -0.379 e. The zero-order chi connectivity index (χ0) is 16.4. The highest BCUT2D eigenvalue weighted by molar-refractivity contribution is 7.10. The Bertz CT molecular complexity index is 653. The number of thiophene rings is 1. The summed E-state index contributed by atoms with van der Waals surface area (Å²) in [5, 5.41) is 13.6. The average Bonchev–Trinajstić information content (AvgIpc) is 3.05. The van der Waals surface area contributed by atoms with Crippen LogP contribution in [0.3, 0.4) is 0 Å². The van der Waals surface area contributed by atoms with Crippen LogP contribution in [0, 0.1) is 5.82 Å². The second kappa shape index (κ2) is 6.71. The van der Waals surface area contributed by atoms with Crippen molar-refractivity contribution in [2.24, 2.45) is 0 Å². The van der Waals surface area contributed by atoms with Gasteiger partial charge in [-0.1, -0.05) is 26.0 Å². The van der Waals surface area contributed by atoms with Crippen LogP contribution >= 0.6 is 11.3 Å². The molecule has 0 aliphatic heterocycles. The van der Waals surface area contributed by atoms with E-state index in [2.05, 4.69) is 18.7 Å². The van der Waals surface area contributed by atoms with Gasteiger partial charge in [0.2, 0.25) is 0 Å². The lowest BCUT2D eigenvalue weighted by molar-refractivity contribution is 0.0397. The molecular weight excluding hydrogens is 309 g/mol. The summed E-state index contributed by atoms with van der Waals surface area (Å²) in [6.07, 6.45) is 2.49. The number of rotatable bonds is 4. The summed E-state index contributed by atoms with van der Waals surface area (Å²) in [5.41, 5.74) is 0.710. The molecule has 0 spiro atoms. The maximum Gasteiger partial charge on any atom is 0.126 e. The molecule has 0 bridgehead atoms. The summed E-state index contributed by atoms with van der Waals surface area (Å²) in [4.78, 5) is 3.31. The Morgan fingerprint density at radius 2 is 2.09 bits per heavy atom. The van der Waals surface area contributed by atoms with Crippen LogP contribution < -0.4 is 0 Å². The number of aryl methyl sites for hydroxylation is 1. The average molecular weight is 333 g/mol. The molecule has 2 nitrogen and oxygen atoms in total. The maximum absolute atomic E-state index is 13.9. The standard InChI is InChI=1S/C19H24FNOS/c1-3-21(4-2)16-10-8-14-7-9-15(20)12-17(14)19(22,13-16)18-6-5-11-23-18/h5-7,9,11-12,16,22H,3-4,8,10,13H2,1-2H3/t16-,19+/m0/s1. The molecule has 4 heteroatoms. The molecular formula is C19H24FNOS. The predicted octanol–water partition coefficient (Wildman–Crippen LogP) is 4.17. The van der Waals surface area contributed by atoms with Gasteiger partial charge >= 0.3 is 0 Å². The molecule has 124 valence electrons. The highest BCUT2D eigenvalue weighted by Crippen LogP contribution is 2.42. The zero-order valence-electron chi connectivity index (χ0n) is 13.8. The van der Waals surface area contributed by atoms with Gasteiger partial charge in [-0.15, -0.1) is 11.3 Å². The topological polar surface area (TPSA) is 23.5 Å². The minimum atomic E-state index is -1.10. The molecule has 2 aromatic rings. The van der Waals surface area contributed by atoms with Crippen LogP contribution in [-0.4, -0.2) is 29.1 Å². The number of hydrogen-bond acceptors (Lipinski definition) is 3. The minimum absolute atomic E-state index is 0.278. The third-order valence-electron chi connectivity index (χ3n) is 5.05. The van der Waals surface area contributed by atoms with Gasteiger partial charge in [-0.3, -0.25) is 0 Å². The number of fused-ring (bicyclic) bond motifs is 1. The lowest BCUT2D eigenvalue weighted by atomic mass is 9.85. The molecule has 0 saturated heterocycles. The van der Waals surface area contributed by atoms with Crippen LogP contribution in [0.5, 0.6) is 0 Å². The van der Waals surface area contributed by atoms with Crippen LogP contribution in [0.4, 0.5) is 4.39 Å². The number of halogens is 1. The van der Waals surface area contributed by atoms with E-state index in [0.717, 1.165) is 41.9 Å². The van der Waals surface area contributed by atoms with Crippen LogP contribution in [0.25, 0.3) is 0 Å². The van der Waals surface area contributed by atoms with Crippen molar-refractivity contribution in [1.29, 1.82) is 0 Å². The summed E-state index contributed by atoms with van der Waals surface area (Å²) in [7, 11) is 0. The van der Waals surface area contributed by atoms with Gasteiger partial charge in [0.05, 0.1) is 0 Å². The molecule has 23 heavy (non-hydrogen) atoms. The monoisotopic (exact) mass is 333 g/mol. The molecule has 1 aliphatic rings. The Labute approximate surface area is 141 Å². The first-order chi connectivity index (χ1) is 11.1. The van der Waals surface area contributed by atoms with Crippen molar-refractivity contribution in [3.8, 4) is 0 Å². The summed E-state index contributed by atoms with van der Waals surface area (Å²) in [5.74, 6) is -0.278. The normalized spacial score (nSPS) is 24.5. The lowest BCUT2D eigenvalue weighted by Gasteiger charge is -2.35. The fraction of sp³-hybridized carbons (Fsp3) is 0.474. The number of hydrogen-bond donors (Lipinski definition) is 1. The van der Waals surface area contributed by atoms with Crippen molar-refractivity contribution in [3.63, 3.8) is 0 Å². The first-order valence-electron chi connectivity index (χ1n) is 8.37. The Morgan fingerprint density at radius 3 is 2.74 bits per heavy atom. The van der Waals surface area contributed by atoms with E-state index in [-0.39, 0.29) is 5.82 Å². The van der Waals surface area contributed by atoms with Crippen molar-refractivity contribution >= 4 is 11.3 Å². The van der Waals surface area contributed by atoms with Gasteiger partial charge < -0.3 is 10.0 Å². The van der Waals surface area contributed by atoms with Gasteiger partial charge in [-0.25, -0.2) is 4.39 Å². The van der Waals surface area contributed by atoms with Crippen molar-refractivity contribution in [2.45, 2.75) is 44.8 Å². The molecule has 3 rings (SSSR count). The highest BCUT2D eigenvalue weighted by Gasteiger charge is 2.40. The van der Waals surface area contributed by atoms with Crippen molar-refractivity contribution < 1.29 is 9.50 Å². The van der Waals surface area contributed by atoms with Crippen LogP contribution in [-0.2, 0) is 12.0 Å². The summed E-state index contributed by atoms with van der Waals surface area (Å²) >= 11 is 1.54. The Hall–Kier alpha value is -1.23. The van der Waals surface area contributed by atoms with E-state index in [1.807, 2.05) is 23.6 Å². The highest BCUT2D eigenvalue weighted by atomic mass is 32.1. The summed E-state index contributed by atoms with van der Waals surface area (Å²) in [6, 6.07) is 9.09. The van der Waals surface area contributed by atoms with Crippen molar-refractivity contribution in [1.82, 2.24) is 4.90 Å². The van der Waals surface area contributed by atoms with E-state index in [4.69, 9.17) is 0 Å². The Balaban J connectivity index is 2.09. The number of benzene rings is 1. The molecule has 2 atom stereocenters. The number of nitrogens with zero attached hydrogens (tertiary/aromatic N) is 1. The van der Waals surface area contributed by atoms with E-state index in [9.17, 15) is 9.50 Å². The lowest BCUT2D eigenvalue weighted by Crippen LogP contribution is -2.40. The van der Waals surface area contributed by atoms with Gasteiger partial charge in [0.1, 0.15) is 11.4 Å². The van der Waals surface area contributed by atoms with E-state index >= 15 is 0 Å². The summed E-state index contributed by atoms with van der Waals surface area (Å²) in [6.45, 7) is 6.25. The van der Waals surface area contributed by atoms with Gasteiger partial charge in [0.15, 0.2) is 0 Å². The quantitative estimate of drug-likeness (QED) is 0.849. The SMILES string of the molecule is CCN(CC)[C@H]1CCc2ccc(F)cc2[C@@](O)(c2cccs2)C1. The molecule has 0 amide bonds. The molecule has 0 unspecified atom stereocenters. The van der Waals surface area contributed by atoms with E-state index in [1.165, 1.54) is 12.1 Å². The van der Waals surface area contributed by atoms with Crippen LogP contribution in [0.2, 0.25) is 0 Å². The second-order valence-corrected chi connectivity index (χ2v) is 7.20. The van der Waals surface area contributed by atoms with E-state index in [0.29, 0.717) is 12.5 Å². The van der Waals surface area contributed by atoms with Gasteiger partial charge in [0.25, 0.3) is 0 Å². The van der Waals surface area contributed by atoms with Gasteiger partial charge in [-0.2, -0.15) is 0 Å². The molecule has 0 fully saturated rings. The zero-order valence-corrected chi connectivity index (χ0v) is 14.6. The fourth-order valence-electron chi connectivity index (χ4n) is 3.83. The Morgan fingerprint density at radius 1 is 1.30 bits per heavy atom. The first-order valence-corrected chi connectivity index (χ1v) is 9.25. The van der Waals surface area contributed by atoms with Gasteiger partial charge in [-0.05, 0) is 60.6 Å². The molecule has 1 aromatic carbocycles. The van der Waals surface area contributed by atoms with Crippen LogP contribution in [0.15, 0.2) is 35.7 Å². The molecule has 0 saturated carbocycles. The molecule has 1 heterocycles. The number of aliphatic hydroxyl groups is 1. The first kappa shape index (κ1) is 16.6. The van der Waals surface area contributed by atoms with Crippen LogP contribution in [0.1, 0.15) is 42.7 Å². The second-order valence-electron chi connectivity index (χ2n) is 6.26. The third kappa shape index (κ3) is 3.08. The largest absolute Gasteiger partial charge is 0.379 e. The third-order valence-corrected chi connectivity index (χ3v) is 6.07. The van der Waals surface area contributed by atoms with E-state index < -0.39 is 5.60 Å². The molecule has 1 N–H and O–H groups in total.